The van der Waals surface area contributed by atoms with Crippen LogP contribution in [-0.4, -0.2) is 31.6 Å². The van der Waals surface area contributed by atoms with Crippen molar-refractivity contribution in [1.82, 2.24) is 10.2 Å². The number of benzene rings is 1. The van der Waals surface area contributed by atoms with E-state index < -0.39 is 0 Å². The summed E-state index contributed by atoms with van der Waals surface area (Å²) >= 11 is 0. The number of hydrogen-bond donors (Lipinski definition) is 1. The number of nitrogens with one attached hydrogen (secondary N) is 1. The van der Waals surface area contributed by atoms with Crippen molar-refractivity contribution in [2.75, 3.05) is 26.7 Å². The lowest BCUT2D eigenvalue weighted by Gasteiger charge is -2.29. The molecule has 2 fully saturated rings. The highest BCUT2D eigenvalue weighted by molar-refractivity contribution is 5.22. The van der Waals surface area contributed by atoms with Gasteiger partial charge in [0.25, 0.3) is 0 Å². The minimum atomic E-state index is -0.139. The molecule has 3 heteroatoms. The summed E-state index contributed by atoms with van der Waals surface area (Å²) < 4.78 is 13.1. The first kappa shape index (κ1) is 15.0. The molecule has 1 atom stereocenters. The smallest absolute Gasteiger partial charge is 0.123 e. The Morgan fingerprint density at radius 1 is 1.14 bits per heavy atom. The number of rotatable bonds is 6. The van der Waals surface area contributed by atoms with Crippen molar-refractivity contribution >= 4 is 0 Å². The van der Waals surface area contributed by atoms with Crippen LogP contribution in [0.15, 0.2) is 24.3 Å². The largest absolute Gasteiger partial charge is 0.310 e. The Labute approximate surface area is 127 Å². The van der Waals surface area contributed by atoms with E-state index in [-0.39, 0.29) is 5.82 Å². The second-order valence-corrected chi connectivity index (χ2v) is 6.86. The van der Waals surface area contributed by atoms with Crippen LogP contribution in [0.1, 0.15) is 43.7 Å². The van der Waals surface area contributed by atoms with Crippen molar-refractivity contribution < 1.29 is 4.39 Å². The number of piperidine rings is 1. The lowest BCUT2D eigenvalue weighted by molar-refractivity contribution is 0.210. The fourth-order valence-corrected chi connectivity index (χ4v) is 3.45. The Hall–Kier alpha value is -0.930. The van der Waals surface area contributed by atoms with Crippen molar-refractivity contribution in [2.24, 2.45) is 11.8 Å². The van der Waals surface area contributed by atoms with Crippen LogP contribution in [0.5, 0.6) is 0 Å². The molecule has 1 N–H and O–H groups in total. The highest BCUT2D eigenvalue weighted by Crippen LogP contribution is 2.41. The molecule has 1 unspecified atom stereocenters. The first-order valence-electron chi connectivity index (χ1n) is 8.40. The molecule has 3 rings (SSSR count). The maximum Gasteiger partial charge on any atom is 0.123 e. The monoisotopic (exact) mass is 290 g/mol. The second kappa shape index (κ2) is 6.89. The van der Waals surface area contributed by atoms with Gasteiger partial charge in [0.1, 0.15) is 5.82 Å². The van der Waals surface area contributed by atoms with Gasteiger partial charge in [0.15, 0.2) is 0 Å². The zero-order valence-corrected chi connectivity index (χ0v) is 13.0. The highest BCUT2D eigenvalue weighted by Gasteiger charge is 2.32. The summed E-state index contributed by atoms with van der Waals surface area (Å²) in [6, 6.07) is 7.49. The third kappa shape index (κ3) is 4.27. The van der Waals surface area contributed by atoms with Crippen LogP contribution in [0.3, 0.4) is 0 Å². The molecule has 0 amide bonds. The zero-order valence-electron chi connectivity index (χ0n) is 13.0. The van der Waals surface area contributed by atoms with Gasteiger partial charge in [-0.1, -0.05) is 12.1 Å². The number of hydrogen-bond acceptors (Lipinski definition) is 2. The van der Waals surface area contributed by atoms with Gasteiger partial charge in [0, 0.05) is 6.04 Å². The summed E-state index contributed by atoms with van der Waals surface area (Å²) in [5.41, 5.74) is 1.25. The molecule has 1 saturated carbocycles. The maximum atomic E-state index is 13.1. The van der Waals surface area contributed by atoms with Crippen molar-refractivity contribution in [2.45, 2.75) is 38.1 Å². The molecule has 0 aromatic heterocycles. The quantitative estimate of drug-likeness (QED) is 0.861. The lowest BCUT2D eigenvalue weighted by Crippen LogP contribution is -2.32. The molecule has 1 aliphatic carbocycles. The normalized spacial score (nSPS) is 22.4. The minimum absolute atomic E-state index is 0.139. The minimum Gasteiger partial charge on any atom is -0.310 e. The van der Waals surface area contributed by atoms with Crippen LogP contribution >= 0.6 is 0 Å². The SMILES string of the molecule is CN1CCC(CCNC(c2ccc(F)cc2)C2CC2)CC1. The second-order valence-electron chi connectivity index (χ2n) is 6.86. The van der Waals surface area contributed by atoms with Gasteiger partial charge in [-0.15, -0.1) is 0 Å². The molecule has 0 radical (unpaired) electrons. The van der Waals surface area contributed by atoms with Crippen LogP contribution in [0.25, 0.3) is 0 Å². The predicted molar refractivity (Wildman–Crippen MR) is 84.7 cm³/mol. The molecule has 2 aliphatic rings. The molecule has 2 nitrogen and oxygen atoms in total. The molecule has 1 saturated heterocycles. The van der Waals surface area contributed by atoms with Gasteiger partial charge < -0.3 is 10.2 Å². The van der Waals surface area contributed by atoms with Gasteiger partial charge in [0.2, 0.25) is 0 Å². The molecule has 0 bridgehead atoms. The average molecular weight is 290 g/mol. The fraction of sp³-hybridized carbons (Fsp3) is 0.667. The number of likely N-dealkylation sites (tertiary alicyclic amines) is 1. The van der Waals surface area contributed by atoms with Gasteiger partial charge in [-0.3, -0.25) is 0 Å². The molecule has 0 spiro atoms. The van der Waals surface area contributed by atoms with E-state index in [9.17, 15) is 4.39 Å². The molecule has 1 heterocycles. The van der Waals surface area contributed by atoms with E-state index in [4.69, 9.17) is 0 Å². The molecular formula is C18H27FN2. The summed E-state index contributed by atoms with van der Waals surface area (Å²) in [6.45, 7) is 3.58. The van der Waals surface area contributed by atoms with Crippen molar-refractivity contribution in [3.63, 3.8) is 0 Å². The van der Waals surface area contributed by atoms with Crippen LogP contribution in [0.2, 0.25) is 0 Å². The fourth-order valence-electron chi connectivity index (χ4n) is 3.45. The van der Waals surface area contributed by atoms with E-state index in [0.717, 1.165) is 18.4 Å². The summed E-state index contributed by atoms with van der Waals surface area (Å²) in [7, 11) is 2.21. The lowest BCUT2D eigenvalue weighted by atomic mass is 9.93. The van der Waals surface area contributed by atoms with Gasteiger partial charge in [0.05, 0.1) is 0 Å². The molecule has 21 heavy (non-hydrogen) atoms. The maximum absolute atomic E-state index is 13.1. The summed E-state index contributed by atoms with van der Waals surface area (Å²) in [5, 5.41) is 3.74. The van der Waals surface area contributed by atoms with Crippen LogP contribution < -0.4 is 5.32 Å². The van der Waals surface area contributed by atoms with Crippen LogP contribution in [0, 0.1) is 17.7 Å². The standard InChI is InChI=1S/C18H27FN2/c1-21-12-9-14(10-13-21)8-11-20-18(15-2-3-15)16-4-6-17(19)7-5-16/h4-7,14-15,18,20H,2-3,8-13H2,1H3. The summed E-state index contributed by atoms with van der Waals surface area (Å²) in [4.78, 5) is 2.43. The Morgan fingerprint density at radius 3 is 2.43 bits per heavy atom. The van der Waals surface area contributed by atoms with E-state index >= 15 is 0 Å². The summed E-state index contributed by atoms with van der Waals surface area (Å²) in [6.07, 6.45) is 6.57. The van der Waals surface area contributed by atoms with Crippen LogP contribution in [-0.2, 0) is 0 Å². The Kier molecular flexibility index (Phi) is 4.91. The number of halogens is 1. The van der Waals surface area contributed by atoms with Gasteiger partial charge in [-0.2, -0.15) is 0 Å². The van der Waals surface area contributed by atoms with Crippen molar-refractivity contribution in [3.8, 4) is 0 Å². The molecular weight excluding hydrogens is 263 g/mol. The van der Waals surface area contributed by atoms with E-state index in [0.29, 0.717) is 6.04 Å². The topological polar surface area (TPSA) is 15.3 Å². The van der Waals surface area contributed by atoms with Crippen molar-refractivity contribution in [1.29, 1.82) is 0 Å². The first-order chi connectivity index (χ1) is 10.2. The van der Waals surface area contributed by atoms with Gasteiger partial charge in [-0.25, -0.2) is 4.39 Å². The molecule has 1 aromatic rings. The Bertz CT molecular complexity index is 433. The third-order valence-corrected chi connectivity index (χ3v) is 5.08. The molecule has 1 aromatic carbocycles. The van der Waals surface area contributed by atoms with Gasteiger partial charge in [-0.05, 0) is 88.3 Å². The van der Waals surface area contributed by atoms with Crippen LogP contribution in [0.4, 0.5) is 4.39 Å². The molecule has 1 aliphatic heterocycles. The molecule has 116 valence electrons. The predicted octanol–water partition coefficient (Wildman–Crippen LogP) is 3.60. The average Bonchev–Trinajstić information content (AvgIpc) is 3.31. The first-order valence-corrected chi connectivity index (χ1v) is 8.40. The highest BCUT2D eigenvalue weighted by atomic mass is 19.1. The third-order valence-electron chi connectivity index (χ3n) is 5.08. The number of nitrogens with zero attached hydrogens (tertiary/aromatic N) is 1. The summed E-state index contributed by atoms with van der Waals surface area (Å²) in [5.74, 6) is 1.49. The Morgan fingerprint density at radius 2 is 1.81 bits per heavy atom. The zero-order chi connectivity index (χ0) is 14.7. The van der Waals surface area contributed by atoms with E-state index in [2.05, 4.69) is 17.3 Å². The van der Waals surface area contributed by atoms with Gasteiger partial charge >= 0.3 is 0 Å². The Balaban J connectivity index is 1.48. The van der Waals surface area contributed by atoms with Crippen molar-refractivity contribution in [3.05, 3.63) is 35.6 Å². The van der Waals surface area contributed by atoms with E-state index in [1.807, 2.05) is 12.1 Å². The van der Waals surface area contributed by atoms with E-state index in [1.165, 1.54) is 50.8 Å². The van der Waals surface area contributed by atoms with E-state index in [1.54, 1.807) is 12.1 Å².